The van der Waals surface area contributed by atoms with E-state index in [2.05, 4.69) is 49.9 Å². The van der Waals surface area contributed by atoms with Crippen LogP contribution in [0.15, 0.2) is 42.5 Å². The Balaban J connectivity index is 1.31. The quantitative estimate of drug-likeness (QED) is 0.684. The molecule has 1 saturated heterocycles. The number of hydrogen-bond acceptors (Lipinski definition) is 5. The van der Waals surface area contributed by atoms with E-state index in [1.54, 1.807) is 6.92 Å². The van der Waals surface area contributed by atoms with Gasteiger partial charge in [0.2, 0.25) is 0 Å². The summed E-state index contributed by atoms with van der Waals surface area (Å²) in [5.74, 6) is 2.96. The molecule has 0 aliphatic carbocycles. The van der Waals surface area contributed by atoms with Crippen molar-refractivity contribution in [1.29, 1.82) is 0 Å². The Labute approximate surface area is 178 Å². The third-order valence-corrected chi connectivity index (χ3v) is 5.72. The Kier molecular flexibility index (Phi) is 5.63. The lowest BCUT2D eigenvalue weighted by atomic mass is 9.96. The van der Waals surface area contributed by atoms with Gasteiger partial charge in [0, 0.05) is 23.6 Å². The molecule has 0 spiro atoms. The third kappa shape index (κ3) is 4.72. The fourth-order valence-electron chi connectivity index (χ4n) is 3.85. The van der Waals surface area contributed by atoms with Crippen LogP contribution in [-0.4, -0.2) is 38.2 Å². The molecule has 0 N–H and O–H groups in total. The summed E-state index contributed by atoms with van der Waals surface area (Å²) in [4.78, 5) is 13.6. The van der Waals surface area contributed by atoms with Crippen molar-refractivity contribution >= 4 is 11.5 Å². The first-order valence-corrected chi connectivity index (χ1v) is 10.7. The number of hydrogen-bond donors (Lipinski definition) is 0. The lowest BCUT2D eigenvalue weighted by Gasteiger charge is -2.40. The second kappa shape index (κ2) is 8.21. The first-order valence-electron chi connectivity index (χ1n) is 10.7. The molecule has 5 heteroatoms. The molecule has 2 heterocycles. The van der Waals surface area contributed by atoms with Crippen molar-refractivity contribution in [2.24, 2.45) is 5.41 Å². The van der Waals surface area contributed by atoms with Crippen LogP contribution in [0.4, 0.5) is 5.69 Å². The molecule has 2 aromatic carbocycles. The number of anilines is 1. The van der Waals surface area contributed by atoms with Crippen LogP contribution in [-0.2, 0) is 4.79 Å². The summed E-state index contributed by atoms with van der Waals surface area (Å²) in [5.41, 5.74) is 2.31. The largest absolute Gasteiger partial charge is 0.489 e. The van der Waals surface area contributed by atoms with Gasteiger partial charge in [0.25, 0.3) is 0 Å². The maximum atomic E-state index is 11.3. The standard InChI is InChI=1S/C25H31NO4/c1-17(11-18(2)27)19-5-8-21(9-6-19)30-22-13-26(14-22)20-7-10-23-24(12-20)29-16-25(3,4)15-28-23/h5-10,12,17,22H,11,13-16H2,1-4H3/t17-/m1/s1. The van der Waals surface area contributed by atoms with E-state index in [-0.39, 0.29) is 23.2 Å². The van der Waals surface area contributed by atoms with Crippen LogP contribution >= 0.6 is 0 Å². The molecule has 0 aromatic heterocycles. The number of rotatable bonds is 6. The summed E-state index contributed by atoms with van der Waals surface area (Å²) >= 11 is 0. The van der Waals surface area contributed by atoms with E-state index in [1.807, 2.05) is 18.2 Å². The van der Waals surface area contributed by atoms with Gasteiger partial charge in [-0.2, -0.15) is 0 Å². The van der Waals surface area contributed by atoms with E-state index in [0.717, 1.165) is 36.0 Å². The molecule has 2 aliphatic heterocycles. The van der Waals surface area contributed by atoms with E-state index in [9.17, 15) is 4.79 Å². The minimum Gasteiger partial charge on any atom is -0.489 e. The van der Waals surface area contributed by atoms with Crippen molar-refractivity contribution in [1.82, 2.24) is 0 Å². The van der Waals surface area contributed by atoms with E-state index < -0.39 is 0 Å². The first kappa shape index (κ1) is 20.6. The zero-order chi connectivity index (χ0) is 21.3. The SMILES string of the molecule is CC(=O)C[C@@H](C)c1ccc(OC2CN(c3ccc4c(c3)OCC(C)(C)CO4)C2)cc1. The smallest absolute Gasteiger partial charge is 0.163 e. The molecule has 5 nitrogen and oxygen atoms in total. The summed E-state index contributed by atoms with van der Waals surface area (Å²) in [5, 5.41) is 0. The zero-order valence-corrected chi connectivity index (χ0v) is 18.3. The van der Waals surface area contributed by atoms with E-state index in [0.29, 0.717) is 19.6 Å². The number of Topliss-reactive ketones (excluding diaryl/α,β-unsaturated/α-hetero) is 1. The molecule has 0 bridgehead atoms. The fraction of sp³-hybridized carbons (Fsp3) is 0.480. The maximum absolute atomic E-state index is 11.3. The van der Waals surface area contributed by atoms with Gasteiger partial charge in [-0.15, -0.1) is 0 Å². The van der Waals surface area contributed by atoms with Crippen LogP contribution in [0, 0.1) is 5.41 Å². The molecule has 0 saturated carbocycles. The number of nitrogens with zero attached hydrogens (tertiary/aromatic N) is 1. The van der Waals surface area contributed by atoms with Crippen LogP contribution in [0.25, 0.3) is 0 Å². The van der Waals surface area contributed by atoms with Gasteiger partial charge in [-0.25, -0.2) is 0 Å². The molecular weight excluding hydrogens is 378 g/mol. The van der Waals surface area contributed by atoms with Crippen LogP contribution in [0.5, 0.6) is 17.2 Å². The Morgan fingerprint density at radius 2 is 1.77 bits per heavy atom. The minimum atomic E-state index is 0.00822. The number of ether oxygens (including phenoxy) is 3. The van der Waals surface area contributed by atoms with E-state index in [1.165, 1.54) is 5.56 Å². The monoisotopic (exact) mass is 409 g/mol. The van der Waals surface area contributed by atoms with Gasteiger partial charge in [-0.05, 0) is 42.7 Å². The molecule has 2 aliphatic rings. The van der Waals surface area contributed by atoms with Crippen LogP contribution in [0.1, 0.15) is 45.6 Å². The van der Waals surface area contributed by atoms with Crippen molar-refractivity contribution in [2.75, 3.05) is 31.2 Å². The second-order valence-corrected chi connectivity index (χ2v) is 9.39. The van der Waals surface area contributed by atoms with Gasteiger partial charge in [0.05, 0.1) is 26.3 Å². The average Bonchev–Trinajstić information content (AvgIpc) is 2.82. The normalized spacial score (nSPS) is 18.9. The highest BCUT2D eigenvalue weighted by Gasteiger charge is 2.30. The minimum absolute atomic E-state index is 0.00822. The van der Waals surface area contributed by atoms with Crippen molar-refractivity contribution in [3.63, 3.8) is 0 Å². The summed E-state index contributed by atoms with van der Waals surface area (Å²) < 4.78 is 18.0. The van der Waals surface area contributed by atoms with Gasteiger partial charge in [-0.3, -0.25) is 0 Å². The Morgan fingerprint density at radius 3 is 2.43 bits per heavy atom. The van der Waals surface area contributed by atoms with Gasteiger partial charge in [0.15, 0.2) is 11.5 Å². The Morgan fingerprint density at radius 1 is 1.10 bits per heavy atom. The van der Waals surface area contributed by atoms with Gasteiger partial charge in [-0.1, -0.05) is 32.9 Å². The highest BCUT2D eigenvalue weighted by atomic mass is 16.5. The molecule has 2 aromatic rings. The predicted octanol–water partition coefficient (Wildman–Crippen LogP) is 4.83. The highest BCUT2D eigenvalue weighted by molar-refractivity contribution is 5.76. The number of carbonyl (C=O) groups excluding carboxylic acids is 1. The van der Waals surface area contributed by atoms with Crippen molar-refractivity contribution in [2.45, 2.75) is 46.1 Å². The summed E-state index contributed by atoms with van der Waals surface area (Å²) in [6, 6.07) is 14.3. The van der Waals surface area contributed by atoms with Crippen molar-refractivity contribution in [3.05, 3.63) is 48.0 Å². The third-order valence-electron chi connectivity index (χ3n) is 5.72. The summed E-state index contributed by atoms with van der Waals surface area (Å²) in [7, 11) is 0. The summed E-state index contributed by atoms with van der Waals surface area (Å²) in [6.07, 6.45) is 0.741. The Hall–Kier alpha value is -2.69. The van der Waals surface area contributed by atoms with Gasteiger partial charge < -0.3 is 23.9 Å². The first-order chi connectivity index (χ1) is 14.3. The van der Waals surface area contributed by atoms with Gasteiger partial charge in [0.1, 0.15) is 17.6 Å². The average molecular weight is 410 g/mol. The number of carbonyl (C=O) groups is 1. The van der Waals surface area contributed by atoms with E-state index >= 15 is 0 Å². The molecule has 1 atom stereocenters. The number of ketones is 1. The fourth-order valence-corrected chi connectivity index (χ4v) is 3.85. The molecule has 4 rings (SSSR count). The molecule has 160 valence electrons. The zero-order valence-electron chi connectivity index (χ0n) is 18.3. The van der Waals surface area contributed by atoms with Crippen LogP contribution in [0.3, 0.4) is 0 Å². The maximum Gasteiger partial charge on any atom is 0.163 e. The van der Waals surface area contributed by atoms with Crippen molar-refractivity contribution < 1.29 is 19.0 Å². The molecule has 1 fully saturated rings. The van der Waals surface area contributed by atoms with Crippen LogP contribution in [0.2, 0.25) is 0 Å². The topological polar surface area (TPSA) is 48.0 Å². The highest BCUT2D eigenvalue weighted by Crippen LogP contribution is 2.38. The van der Waals surface area contributed by atoms with Crippen LogP contribution < -0.4 is 19.1 Å². The molecule has 0 radical (unpaired) electrons. The Bertz CT molecular complexity index is 900. The van der Waals surface area contributed by atoms with Gasteiger partial charge >= 0.3 is 0 Å². The molecular formula is C25H31NO4. The van der Waals surface area contributed by atoms with Crippen molar-refractivity contribution in [3.8, 4) is 17.2 Å². The second-order valence-electron chi connectivity index (χ2n) is 9.39. The lowest BCUT2D eigenvalue weighted by Crippen LogP contribution is -2.54. The molecule has 0 amide bonds. The summed E-state index contributed by atoms with van der Waals surface area (Å²) in [6.45, 7) is 11.0. The number of fused-ring (bicyclic) bond motifs is 1. The molecule has 0 unspecified atom stereocenters. The lowest BCUT2D eigenvalue weighted by molar-refractivity contribution is -0.117. The number of benzene rings is 2. The van der Waals surface area contributed by atoms with E-state index in [4.69, 9.17) is 14.2 Å². The molecule has 30 heavy (non-hydrogen) atoms. The predicted molar refractivity (Wildman–Crippen MR) is 118 cm³/mol.